The van der Waals surface area contributed by atoms with Crippen molar-refractivity contribution < 1.29 is 9.63 Å². The zero-order valence-electron chi connectivity index (χ0n) is 8.26. The zero-order chi connectivity index (χ0) is 10.8. The molecule has 0 aliphatic carbocycles. The van der Waals surface area contributed by atoms with Gasteiger partial charge in [-0.1, -0.05) is 11.6 Å². The Labute approximate surface area is 92.0 Å². The van der Waals surface area contributed by atoms with Crippen LogP contribution in [0.3, 0.4) is 0 Å². The molecule has 1 aromatic rings. The van der Waals surface area contributed by atoms with E-state index in [1.54, 1.807) is 11.4 Å². The van der Waals surface area contributed by atoms with Crippen molar-refractivity contribution in [1.82, 2.24) is 5.48 Å². The van der Waals surface area contributed by atoms with Crippen molar-refractivity contribution in [2.45, 2.75) is 26.4 Å². The highest BCUT2D eigenvalue weighted by atomic mass is 35.5. The third-order valence-corrected chi connectivity index (χ3v) is 2.61. The predicted molar refractivity (Wildman–Crippen MR) is 57.6 cm³/mol. The van der Waals surface area contributed by atoms with Crippen LogP contribution in [0.15, 0.2) is 11.4 Å². The minimum Gasteiger partial charge on any atom is -0.268 e. The van der Waals surface area contributed by atoms with Crippen LogP contribution in [0.2, 0.25) is 5.02 Å². The average molecular weight is 234 g/mol. The number of amides is 1. The van der Waals surface area contributed by atoms with Gasteiger partial charge in [0.2, 0.25) is 0 Å². The van der Waals surface area contributed by atoms with Crippen molar-refractivity contribution in [3.05, 3.63) is 21.3 Å². The second-order valence-electron chi connectivity index (χ2n) is 3.74. The van der Waals surface area contributed by atoms with E-state index < -0.39 is 5.60 Å². The van der Waals surface area contributed by atoms with Crippen molar-refractivity contribution in [3.63, 3.8) is 0 Å². The number of rotatable bonds is 2. The summed E-state index contributed by atoms with van der Waals surface area (Å²) in [6, 6.07) is 1.68. The quantitative estimate of drug-likeness (QED) is 0.798. The van der Waals surface area contributed by atoms with E-state index in [9.17, 15) is 4.79 Å². The van der Waals surface area contributed by atoms with Gasteiger partial charge < -0.3 is 0 Å². The minimum absolute atomic E-state index is 0.306. The Kier molecular flexibility index (Phi) is 3.53. The van der Waals surface area contributed by atoms with E-state index in [1.165, 1.54) is 11.3 Å². The molecule has 0 aliphatic rings. The van der Waals surface area contributed by atoms with Gasteiger partial charge in [0.05, 0.1) is 10.6 Å². The Balaban J connectivity index is 2.56. The van der Waals surface area contributed by atoms with Crippen LogP contribution in [0.5, 0.6) is 0 Å². The number of hydrogen-bond acceptors (Lipinski definition) is 3. The number of halogens is 1. The molecule has 1 heterocycles. The number of carbonyl (C=O) groups excluding carboxylic acids is 1. The molecular formula is C9H12ClNO2S. The van der Waals surface area contributed by atoms with Gasteiger partial charge in [0.25, 0.3) is 5.91 Å². The number of nitrogens with one attached hydrogen (secondary N) is 1. The lowest BCUT2D eigenvalue weighted by Gasteiger charge is -2.18. The molecule has 0 saturated carbocycles. The first kappa shape index (κ1) is 11.5. The van der Waals surface area contributed by atoms with Gasteiger partial charge in [0, 0.05) is 0 Å². The summed E-state index contributed by atoms with van der Waals surface area (Å²) in [6.45, 7) is 5.55. The Morgan fingerprint density at radius 2 is 2.21 bits per heavy atom. The fraction of sp³-hybridized carbons (Fsp3) is 0.444. The molecule has 0 fully saturated rings. The highest BCUT2D eigenvalue weighted by molar-refractivity contribution is 7.12. The molecule has 0 aliphatic heterocycles. The van der Waals surface area contributed by atoms with Gasteiger partial charge in [0.15, 0.2) is 0 Å². The normalized spacial score (nSPS) is 11.4. The summed E-state index contributed by atoms with van der Waals surface area (Å²) in [5, 5.41) is 2.21. The molecule has 1 rings (SSSR count). The fourth-order valence-corrected chi connectivity index (χ4v) is 1.73. The second-order valence-corrected chi connectivity index (χ2v) is 5.07. The van der Waals surface area contributed by atoms with E-state index in [0.29, 0.717) is 9.90 Å². The molecule has 1 N–H and O–H groups in total. The van der Waals surface area contributed by atoms with Gasteiger partial charge >= 0.3 is 0 Å². The van der Waals surface area contributed by atoms with E-state index in [0.717, 1.165) is 0 Å². The molecule has 0 radical (unpaired) electrons. The van der Waals surface area contributed by atoms with Gasteiger partial charge in [-0.15, -0.1) is 11.3 Å². The monoisotopic (exact) mass is 233 g/mol. The Hall–Kier alpha value is -0.580. The highest BCUT2D eigenvalue weighted by Gasteiger charge is 2.16. The van der Waals surface area contributed by atoms with Crippen molar-refractivity contribution >= 4 is 28.8 Å². The van der Waals surface area contributed by atoms with Gasteiger partial charge in [-0.05, 0) is 32.2 Å². The maximum atomic E-state index is 11.5. The topological polar surface area (TPSA) is 38.3 Å². The minimum atomic E-state index is -0.403. The van der Waals surface area contributed by atoms with Crippen LogP contribution in [0, 0.1) is 0 Å². The lowest BCUT2D eigenvalue weighted by atomic mass is 10.2. The molecule has 1 amide bonds. The average Bonchev–Trinajstić information content (AvgIpc) is 2.46. The summed E-state index contributed by atoms with van der Waals surface area (Å²) in [7, 11) is 0. The van der Waals surface area contributed by atoms with Crippen LogP contribution >= 0.6 is 22.9 Å². The number of carbonyl (C=O) groups is 1. The van der Waals surface area contributed by atoms with Crippen LogP contribution < -0.4 is 5.48 Å². The van der Waals surface area contributed by atoms with Crippen LogP contribution in [0.25, 0.3) is 0 Å². The van der Waals surface area contributed by atoms with Crippen LogP contribution in [-0.2, 0) is 4.84 Å². The lowest BCUT2D eigenvalue weighted by molar-refractivity contribution is -0.0588. The number of thiophene rings is 1. The summed E-state index contributed by atoms with van der Waals surface area (Å²) in [5.41, 5.74) is 1.95. The third kappa shape index (κ3) is 3.29. The maximum Gasteiger partial charge on any atom is 0.286 e. The Morgan fingerprint density at radius 1 is 1.57 bits per heavy atom. The summed E-state index contributed by atoms with van der Waals surface area (Å²) >= 11 is 7.06. The van der Waals surface area contributed by atoms with Crippen LogP contribution in [0.4, 0.5) is 0 Å². The summed E-state index contributed by atoms with van der Waals surface area (Å²) in [6.07, 6.45) is 0. The maximum absolute atomic E-state index is 11.5. The smallest absolute Gasteiger partial charge is 0.268 e. The van der Waals surface area contributed by atoms with Crippen molar-refractivity contribution in [3.8, 4) is 0 Å². The van der Waals surface area contributed by atoms with E-state index in [2.05, 4.69) is 5.48 Å². The van der Waals surface area contributed by atoms with Crippen LogP contribution in [-0.4, -0.2) is 11.5 Å². The first-order valence-electron chi connectivity index (χ1n) is 4.11. The molecule has 14 heavy (non-hydrogen) atoms. The predicted octanol–water partition coefficient (Wildman–Crippen LogP) is 2.86. The molecule has 0 unspecified atom stereocenters. The Morgan fingerprint density at radius 3 is 2.64 bits per heavy atom. The zero-order valence-corrected chi connectivity index (χ0v) is 9.83. The second kappa shape index (κ2) is 4.29. The molecule has 3 nitrogen and oxygen atoms in total. The van der Waals surface area contributed by atoms with Crippen molar-refractivity contribution in [2.75, 3.05) is 0 Å². The fourth-order valence-electron chi connectivity index (χ4n) is 0.702. The van der Waals surface area contributed by atoms with E-state index >= 15 is 0 Å². The molecule has 5 heteroatoms. The standard InChI is InChI=1S/C9H12ClNO2S/c1-9(2,3)13-11-8(12)7-6(10)4-5-14-7/h4-5H,1-3H3,(H,11,12). The molecule has 0 saturated heterocycles. The number of hydrogen-bond donors (Lipinski definition) is 1. The summed E-state index contributed by atoms with van der Waals surface area (Å²) < 4.78 is 0. The molecule has 1 aromatic heterocycles. The molecule has 78 valence electrons. The van der Waals surface area contributed by atoms with E-state index in [1.807, 2.05) is 20.8 Å². The molecule has 0 bridgehead atoms. The van der Waals surface area contributed by atoms with Crippen LogP contribution in [0.1, 0.15) is 30.4 Å². The molecular weight excluding hydrogens is 222 g/mol. The van der Waals surface area contributed by atoms with Gasteiger partial charge in [-0.3, -0.25) is 9.63 Å². The van der Waals surface area contributed by atoms with Gasteiger partial charge in [-0.2, -0.15) is 0 Å². The summed E-state index contributed by atoms with van der Waals surface area (Å²) in [5.74, 6) is -0.306. The first-order chi connectivity index (χ1) is 6.40. The Bertz CT molecular complexity index is 330. The van der Waals surface area contributed by atoms with Crippen molar-refractivity contribution in [1.29, 1.82) is 0 Å². The van der Waals surface area contributed by atoms with Gasteiger partial charge in [-0.25, -0.2) is 5.48 Å². The molecule has 0 aromatic carbocycles. The SMILES string of the molecule is CC(C)(C)ONC(=O)c1sccc1Cl. The molecule has 0 atom stereocenters. The van der Waals surface area contributed by atoms with Gasteiger partial charge in [0.1, 0.15) is 4.88 Å². The molecule has 0 spiro atoms. The van der Waals surface area contributed by atoms with E-state index in [-0.39, 0.29) is 5.91 Å². The highest BCUT2D eigenvalue weighted by Crippen LogP contribution is 2.21. The van der Waals surface area contributed by atoms with E-state index in [4.69, 9.17) is 16.4 Å². The summed E-state index contributed by atoms with van der Waals surface area (Å²) in [4.78, 5) is 17.0. The third-order valence-electron chi connectivity index (χ3n) is 1.27. The van der Waals surface area contributed by atoms with Crippen molar-refractivity contribution in [2.24, 2.45) is 0 Å². The number of hydroxylamine groups is 1. The lowest BCUT2D eigenvalue weighted by Crippen LogP contribution is -2.33. The largest absolute Gasteiger partial charge is 0.286 e. The first-order valence-corrected chi connectivity index (χ1v) is 5.37.